The molecule has 0 bridgehead atoms. The lowest BCUT2D eigenvalue weighted by Gasteiger charge is -2.58. The molecule has 0 spiro atoms. The largest absolute Gasteiger partial charge is 0.252 e. The van der Waals surface area contributed by atoms with Crippen molar-refractivity contribution in [1.29, 1.82) is 0 Å². The van der Waals surface area contributed by atoms with Crippen LogP contribution in [-0.4, -0.2) is 4.98 Å². The predicted octanol–water partition coefficient (Wildman–Crippen LogP) is 12.5. The Morgan fingerprint density at radius 3 is 2.51 bits per heavy atom. The molecule has 0 amide bonds. The number of pyridine rings is 1. The summed E-state index contributed by atoms with van der Waals surface area (Å²) in [5.74, 6) is 4.96. The van der Waals surface area contributed by atoms with Crippen LogP contribution in [0.5, 0.6) is 0 Å². The molecule has 1 nitrogen and oxygen atoms in total. The number of hydrogen-bond donors (Lipinski definition) is 0. The first-order valence-corrected chi connectivity index (χ1v) is 18.0. The minimum absolute atomic E-state index is 0.169. The predicted molar refractivity (Wildman–Crippen MR) is 185 cm³/mol. The van der Waals surface area contributed by atoms with Crippen LogP contribution in [-0.2, 0) is 6.42 Å². The van der Waals surface area contributed by atoms with Crippen molar-refractivity contribution in [2.75, 3.05) is 0 Å². The fraction of sp³-hybridized carbons (Fsp3) is 0.575. The van der Waals surface area contributed by atoms with E-state index < -0.39 is 0 Å². The van der Waals surface area contributed by atoms with Gasteiger partial charge >= 0.3 is 0 Å². The third-order valence-corrected chi connectivity index (χ3v) is 13.5. The van der Waals surface area contributed by atoms with Gasteiger partial charge in [0.2, 0.25) is 0 Å². The van der Waals surface area contributed by atoms with Crippen LogP contribution >= 0.6 is 23.2 Å². The third kappa shape index (κ3) is 4.82. The van der Waals surface area contributed by atoms with Gasteiger partial charge in [0, 0.05) is 37.8 Å². The lowest BCUT2D eigenvalue weighted by molar-refractivity contribution is -0.0393. The zero-order valence-corrected chi connectivity index (χ0v) is 28.4. The van der Waals surface area contributed by atoms with Crippen molar-refractivity contribution in [3.63, 3.8) is 0 Å². The van der Waals surface area contributed by atoms with E-state index in [9.17, 15) is 0 Å². The van der Waals surface area contributed by atoms with E-state index >= 15 is 0 Å². The molecule has 4 aliphatic carbocycles. The first-order chi connectivity index (χ1) is 20.6. The molecule has 0 N–H and O–H groups in total. The molecule has 1 aromatic heterocycles. The Bertz CT molecular complexity index is 1570. The van der Waals surface area contributed by atoms with Gasteiger partial charge in [0.1, 0.15) is 0 Å². The molecular weight excluding hydrogens is 565 g/mol. The van der Waals surface area contributed by atoms with Gasteiger partial charge < -0.3 is 0 Å². The van der Waals surface area contributed by atoms with Gasteiger partial charge in [-0.2, -0.15) is 0 Å². The van der Waals surface area contributed by atoms with E-state index in [0.29, 0.717) is 5.41 Å². The highest BCUT2D eigenvalue weighted by Gasteiger charge is 2.59. The molecule has 0 unspecified atom stereocenters. The molecule has 0 aliphatic heterocycles. The second-order valence-electron chi connectivity index (χ2n) is 15.6. The summed E-state index contributed by atoms with van der Waals surface area (Å²) in [5.41, 5.74) is 8.16. The molecule has 2 fully saturated rings. The molecule has 4 aliphatic rings. The van der Waals surface area contributed by atoms with Crippen molar-refractivity contribution >= 4 is 39.7 Å². The van der Waals surface area contributed by atoms with E-state index in [4.69, 9.17) is 28.2 Å². The van der Waals surface area contributed by atoms with Gasteiger partial charge in [-0.25, -0.2) is 0 Å². The Kier molecular flexibility index (Phi) is 7.78. The Morgan fingerprint density at radius 2 is 1.72 bits per heavy atom. The molecule has 2 aromatic carbocycles. The van der Waals surface area contributed by atoms with Crippen molar-refractivity contribution < 1.29 is 0 Å². The minimum Gasteiger partial charge on any atom is -0.252 e. The molecule has 1 heterocycles. The van der Waals surface area contributed by atoms with Crippen LogP contribution in [0.25, 0.3) is 27.6 Å². The van der Waals surface area contributed by atoms with E-state index in [-0.39, 0.29) is 5.41 Å². The van der Waals surface area contributed by atoms with Gasteiger partial charge in [-0.1, -0.05) is 101 Å². The first-order valence-electron chi connectivity index (χ1n) is 17.2. The molecule has 3 heteroatoms. The van der Waals surface area contributed by atoms with Crippen LogP contribution < -0.4 is 0 Å². The Balaban J connectivity index is 1.29. The zero-order valence-electron chi connectivity index (χ0n) is 26.9. The number of aryl methyl sites for hydroxylation is 1. The average Bonchev–Trinajstić information content (AvgIpc) is 3.33. The van der Waals surface area contributed by atoms with Gasteiger partial charge in [-0.05, 0) is 121 Å². The fourth-order valence-electron chi connectivity index (χ4n) is 10.9. The monoisotopic (exact) mass is 613 g/mol. The highest BCUT2D eigenvalue weighted by Crippen LogP contribution is 2.68. The quantitative estimate of drug-likeness (QED) is 0.269. The summed E-state index contributed by atoms with van der Waals surface area (Å²) in [6, 6.07) is 14.5. The van der Waals surface area contributed by atoms with Crippen LogP contribution in [0, 0.1) is 46.3 Å². The summed E-state index contributed by atoms with van der Waals surface area (Å²) in [6.45, 7) is 12.7. The highest BCUT2D eigenvalue weighted by molar-refractivity contribution is 6.34. The van der Waals surface area contributed by atoms with Crippen LogP contribution in [0.3, 0.4) is 0 Å². The minimum atomic E-state index is 0.169. The Hall–Kier alpha value is -1.83. The normalized spacial score (nSPS) is 32.1. The van der Waals surface area contributed by atoms with Crippen LogP contribution in [0.4, 0.5) is 0 Å². The number of rotatable bonds is 6. The number of benzene rings is 2. The standard InChI is InChI=1S/C40H49Cl2N/c1-24(2)9-8-10-25(3)30-16-17-31-27-14-15-33-38-36(20-22-40(33,5)32(27)19-21-39(30,31)4)43-35-18-13-26(41)23-29(35)37(38)28-11-6-7-12-34(28)42/h6-7,11-13,15,18,23-25,27,30-32H,8-10,14,16-17,19-22H2,1-5H3/t25-,27+,30-,31+,32+,39-,40-/m1/s1. The van der Waals surface area contributed by atoms with Gasteiger partial charge in [-0.3, -0.25) is 4.98 Å². The fourth-order valence-corrected chi connectivity index (χ4v) is 11.3. The second-order valence-corrected chi connectivity index (χ2v) is 16.5. The van der Waals surface area contributed by atoms with Crippen molar-refractivity contribution in [3.05, 3.63) is 69.8 Å². The lowest BCUT2D eigenvalue weighted by atomic mass is 9.46. The molecule has 7 atom stereocenters. The van der Waals surface area contributed by atoms with Gasteiger partial charge in [0.15, 0.2) is 0 Å². The summed E-state index contributed by atoms with van der Waals surface area (Å²) in [7, 11) is 0. The number of fused-ring (bicyclic) bond motifs is 8. The second kappa shape index (κ2) is 11.2. The molecule has 43 heavy (non-hydrogen) atoms. The molecule has 7 rings (SSSR count). The number of nitrogens with zero attached hydrogens (tertiary/aromatic N) is 1. The zero-order chi connectivity index (χ0) is 30.1. The van der Waals surface area contributed by atoms with Gasteiger partial charge in [-0.15, -0.1) is 0 Å². The number of aromatic nitrogens is 1. The lowest BCUT2D eigenvalue weighted by Crippen LogP contribution is -2.50. The maximum absolute atomic E-state index is 6.95. The molecule has 0 radical (unpaired) electrons. The van der Waals surface area contributed by atoms with Crippen molar-refractivity contribution in [2.24, 2.45) is 46.3 Å². The van der Waals surface area contributed by atoms with Gasteiger partial charge in [0.05, 0.1) is 5.52 Å². The van der Waals surface area contributed by atoms with E-state index in [1.54, 1.807) is 5.57 Å². The van der Waals surface area contributed by atoms with E-state index in [1.807, 2.05) is 18.2 Å². The Morgan fingerprint density at radius 1 is 0.907 bits per heavy atom. The van der Waals surface area contributed by atoms with E-state index in [2.05, 4.69) is 65.0 Å². The molecule has 3 aromatic rings. The smallest absolute Gasteiger partial charge is 0.0713 e. The maximum atomic E-state index is 6.95. The summed E-state index contributed by atoms with van der Waals surface area (Å²) in [5, 5.41) is 2.67. The van der Waals surface area contributed by atoms with Crippen molar-refractivity contribution in [3.8, 4) is 11.1 Å². The van der Waals surface area contributed by atoms with Crippen LogP contribution in [0.15, 0.2) is 48.5 Å². The Labute approximate surface area is 269 Å². The topological polar surface area (TPSA) is 12.9 Å². The van der Waals surface area contributed by atoms with Gasteiger partial charge in [0.25, 0.3) is 0 Å². The van der Waals surface area contributed by atoms with Crippen LogP contribution in [0.2, 0.25) is 10.0 Å². The summed E-state index contributed by atoms with van der Waals surface area (Å²) in [4.78, 5) is 5.29. The molecular formula is C40H49Cl2N. The van der Waals surface area contributed by atoms with E-state index in [1.165, 1.54) is 74.6 Å². The van der Waals surface area contributed by atoms with E-state index in [0.717, 1.165) is 68.4 Å². The number of allylic oxidation sites excluding steroid dienone is 2. The van der Waals surface area contributed by atoms with Crippen molar-refractivity contribution in [1.82, 2.24) is 4.98 Å². The highest BCUT2D eigenvalue weighted by atomic mass is 35.5. The summed E-state index contributed by atoms with van der Waals surface area (Å²) >= 11 is 13.6. The first kappa shape index (κ1) is 29.9. The molecule has 228 valence electrons. The SMILES string of the molecule is CC(C)CCC[C@@H](C)[C@H]1CC[C@H]2[C@@H]3CC=C4c5c(nc6ccc(Cl)cc6c5-c5ccccc5Cl)CC[C@]4(C)[C@H]3CC[C@]12C. The summed E-state index contributed by atoms with van der Waals surface area (Å²) in [6.07, 6.45) is 15.9. The third-order valence-electron chi connectivity index (χ3n) is 13.0. The van der Waals surface area contributed by atoms with Crippen LogP contribution in [0.1, 0.15) is 104 Å². The maximum Gasteiger partial charge on any atom is 0.0713 e. The van der Waals surface area contributed by atoms with Crippen molar-refractivity contribution in [2.45, 2.75) is 98.8 Å². The molecule has 0 saturated heterocycles. The average molecular weight is 615 g/mol. The molecule has 2 saturated carbocycles. The summed E-state index contributed by atoms with van der Waals surface area (Å²) < 4.78 is 0. The number of halogens is 2. The number of hydrogen-bond acceptors (Lipinski definition) is 1.